The van der Waals surface area contributed by atoms with Crippen molar-refractivity contribution in [2.75, 3.05) is 37.3 Å². The van der Waals surface area contributed by atoms with E-state index in [-0.39, 0.29) is 16.4 Å². The molecule has 1 heterocycles. The van der Waals surface area contributed by atoms with Gasteiger partial charge in [0.1, 0.15) is 0 Å². The molecular weight excluding hydrogens is 360 g/mol. The minimum Gasteiger partial charge on any atom is -0.368 e. The van der Waals surface area contributed by atoms with E-state index < -0.39 is 9.84 Å². The average molecular weight is 379 g/mol. The summed E-state index contributed by atoms with van der Waals surface area (Å²) in [5.41, 5.74) is 1.26. The molecule has 5 nitrogen and oxygen atoms in total. The number of hydrogen-bond donors (Lipinski definition) is 0. The van der Waals surface area contributed by atoms with Crippen molar-refractivity contribution in [3.8, 4) is 0 Å². The molecule has 0 N–H and O–H groups in total. The number of carbonyl (C=O) groups is 1. The van der Waals surface area contributed by atoms with Crippen LogP contribution in [0.2, 0.25) is 5.02 Å². The van der Waals surface area contributed by atoms with Crippen LogP contribution in [-0.4, -0.2) is 51.7 Å². The van der Waals surface area contributed by atoms with E-state index in [0.29, 0.717) is 31.2 Å². The molecule has 0 aliphatic carbocycles. The second-order valence-electron chi connectivity index (χ2n) is 6.03. The third kappa shape index (κ3) is 3.96. The summed E-state index contributed by atoms with van der Waals surface area (Å²) in [6.45, 7) is 2.41. The normalized spacial score (nSPS) is 15.3. The first-order valence-corrected chi connectivity index (χ1v) is 10.2. The lowest BCUT2D eigenvalue weighted by molar-refractivity contribution is 0.0743. The average Bonchev–Trinajstić information content (AvgIpc) is 2.60. The molecule has 7 heteroatoms. The summed E-state index contributed by atoms with van der Waals surface area (Å²) >= 11 is 6.04. The largest absolute Gasteiger partial charge is 0.368 e. The first-order valence-electron chi connectivity index (χ1n) is 7.95. The number of anilines is 1. The molecule has 1 amide bonds. The summed E-state index contributed by atoms with van der Waals surface area (Å²) in [5, 5.41) is 0.679. The molecule has 132 valence electrons. The highest BCUT2D eigenvalue weighted by Crippen LogP contribution is 2.22. The van der Waals surface area contributed by atoms with Crippen molar-refractivity contribution < 1.29 is 13.2 Å². The van der Waals surface area contributed by atoms with E-state index in [1.807, 2.05) is 24.3 Å². The standard InChI is InChI=1S/C18H19ClN2O3S/c1-25(23,24)17-8-3-2-7-16(17)18(22)21-11-9-20(10-12-21)15-6-4-5-14(19)13-15/h2-8,13H,9-12H2,1H3. The highest BCUT2D eigenvalue weighted by Gasteiger charge is 2.26. The number of piperazine rings is 1. The fourth-order valence-electron chi connectivity index (χ4n) is 2.98. The van der Waals surface area contributed by atoms with Crippen molar-refractivity contribution in [3.05, 3.63) is 59.1 Å². The van der Waals surface area contributed by atoms with E-state index in [1.165, 1.54) is 6.07 Å². The van der Waals surface area contributed by atoms with E-state index in [4.69, 9.17) is 11.6 Å². The first-order chi connectivity index (χ1) is 11.9. The Morgan fingerprint density at radius 2 is 1.68 bits per heavy atom. The molecule has 0 radical (unpaired) electrons. The molecule has 0 atom stereocenters. The Labute approximate surface area is 152 Å². The molecule has 2 aromatic carbocycles. The van der Waals surface area contributed by atoms with Gasteiger partial charge in [-0.05, 0) is 30.3 Å². The highest BCUT2D eigenvalue weighted by atomic mass is 35.5. The molecule has 25 heavy (non-hydrogen) atoms. The minimum absolute atomic E-state index is 0.0808. The molecule has 2 aromatic rings. The van der Waals surface area contributed by atoms with Crippen LogP contribution in [0, 0.1) is 0 Å². The smallest absolute Gasteiger partial charge is 0.255 e. The summed E-state index contributed by atoms with van der Waals surface area (Å²) in [5.74, 6) is -0.244. The molecule has 0 aromatic heterocycles. The van der Waals surface area contributed by atoms with Gasteiger partial charge in [0.2, 0.25) is 0 Å². The number of nitrogens with zero attached hydrogens (tertiary/aromatic N) is 2. The van der Waals surface area contributed by atoms with Crippen molar-refractivity contribution >= 4 is 33.0 Å². The zero-order valence-electron chi connectivity index (χ0n) is 13.9. The Kier molecular flexibility index (Phi) is 5.01. The molecule has 0 unspecified atom stereocenters. The number of hydrogen-bond acceptors (Lipinski definition) is 4. The Morgan fingerprint density at radius 3 is 2.32 bits per heavy atom. The molecule has 1 aliphatic rings. The van der Waals surface area contributed by atoms with Crippen molar-refractivity contribution in [1.82, 2.24) is 4.90 Å². The fourth-order valence-corrected chi connectivity index (χ4v) is 4.04. The summed E-state index contributed by atoms with van der Waals surface area (Å²) < 4.78 is 23.8. The number of sulfone groups is 1. The third-order valence-corrected chi connectivity index (χ3v) is 5.65. The van der Waals surface area contributed by atoms with Crippen LogP contribution < -0.4 is 4.90 Å². The lowest BCUT2D eigenvalue weighted by Crippen LogP contribution is -2.49. The molecule has 1 aliphatic heterocycles. The van der Waals surface area contributed by atoms with Gasteiger partial charge in [-0.15, -0.1) is 0 Å². The Balaban J connectivity index is 1.75. The van der Waals surface area contributed by atoms with E-state index in [9.17, 15) is 13.2 Å². The maximum Gasteiger partial charge on any atom is 0.255 e. The Hall–Kier alpha value is -2.05. The number of benzene rings is 2. The van der Waals surface area contributed by atoms with E-state index in [0.717, 1.165) is 11.9 Å². The van der Waals surface area contributed by atoms with Crippen molar-refractivity contribution in [3.63, 3.8) is 0 Å². The van der Waals surface area contributed by atoms with Gasteiger partial charge in [-0.1, -0.05) is 29.8 Å². The zero-order chi connectivity index (χ0) is 18.0. The minimum atomic E-state index is -3.45. The number of amides is 1. The second-order valence-corrected chi connectivity index (χ2v) is 8.45. The maximum atomic E-state index is 12.8. The van der Waals surface area contributed by atoms with E-state index in [1.54, 1.807) is 23.1 Å². The Bertz CT molecular complexity index is 891. The number of rotatable bonds is 3. The SMILES string of the molecule is CS(=O)(=O)c1ccccc1C(=O)N1CCN(c2cccc(Cl)c2)CC1. The Morgan fingerprint density at radius 1 is 1.00 bits per heavy atom. The van der Waals surface area contributed by atoms with Crippen LogP contribution >= 0.6 is 11.6 Å². The van der Waals surface area contributed by atoms with E-state index in [2.05, 4.69) is 4.90 Å². The fraction of sp³-hybridized carbons (Fsp3) is 0.278. The van der Waals surface area contributed by atoms with Crippen molar-refractivity contribution in [2.45, 2.75) is 4.90 Å². The highest BCUT2D eigenvalue weighted by molar-refractivity contribution is 7.90. The van der Waals surface area contributed by atoms with Crippen LogP contribution in [0.1, 0.15) is 10.4 Å². The van der Waals surface area contributed by atoms with Gasteiger partial charge in [-0.25, -0.2) is 8.42 Å². The van der Waals surface area contributed by atoms with Gasteiger partial charge in [0.15, 0.2) is 9.84 Å². The molecule has 3 rings (SSSR count). The molecule has 0 bridgehead atoms. The maximum absolute atomic E-state index is 12.8. The second kappa shape index (κ2) is 7.06. The monoisotopic (exact) mass is 378 g/mol. The topological polar surface area (TPSA) is 57.7 Å². The number of halogens is 1. The molecule has 1 saturated heterocycles. The first kappa shape index (κ1) is 17.8. The van der Waals surface area contributed by atoms with Crippen molar-refractivity contribution in [2.24, 2.45) is 0 Å². The summed E-state index contributed by atoms with van der Waals surface area (Å²) in [7, 11) is -3.45. The summed E-state index contributed by atoms with van der Waals surface area (Å²) in [4.78, 5) is 16.7. The van der Waals surface area contributed by atoms with Crippen LogP contribution in [0.3, 0.4) is 0 Å². The van der Waals surface area contributed by atoms with Crippen LogP contribution in [0.4, 0.5) is 5.69 Å². The lowest BCUT2D eigenvalue weighted by Gasteiger charge is -2.36. The number of carbonyl (C=O) groups excluding carboxylic acids is 1. The summed E-state index contributed by atoms with van der Waals surface area (Å²) in [6, 6.07) is 14.0. The van der Waals surface area contributed by atoms with Gasteiger partial charge in [-0.2, -0.15) is 0 Å². The van der Waals surface area contributed by atoms with Gasteiger partial charge in [0.25, 0.3) is 5.91 Å². The van der Waals surface area contributed by atoms with Gasteiger partial charge < -0.3 is 9.80 Å². The predicted octanol–water partition coefficient (Wildman–Crippen LogP) is 2.71. The van der Waals surface area contributed by atoms with Crippen LogP contribution in [0.15, 0.2) is 53.4 Å². The van der Waals surface area contributed by atoms with Gasteiger partial charge in [0, 0.05) is 43.1 Å². The van der Waals surface area contributed by atoms with Gasteiger partial charge >= 0.3 is 0 Å². The zero-order valence-corrected chi connectivity index (χ0v) is 15.4. The summed E-state index contributed by atoms with van der Waals surface area (Å²) in [6.07, 6.45) is 1.12. The molecule has 0 spiro atoms. The van der Waals surface area contributed by atoms with E-state index >= 15 is 0 Å². The van der Waals surface area contributed by atoms with Crippen LogP contribution in [-0.2, 0) is 9.84 Å². The predicted molar refractivity (Wildman–Crippen MR) is 99.1 cm³/mol. The molecule has 0 saturated carbocycles. The molecular formula is C18H19ClN2O3S. The van der Waals surface area contributed by atoms with Gasteiger partial charge in [0.05, 0.1) is 10.5 Å². The van der Waals surface area contributed by atoms with Crippen molar-refractivity contribution in [1.29, 1.82) is 0 Å². The lowest BCUT2D eigenvalue weighted by atomic mass is 10.1. The van der Waals surface area contributed by atoms with Crippen LogP contribution in [0.5, 0.6) is 0 Å². The van der Waals surface area contributed by atoms with Crippen LogP contribution in [0.25, 0.3) is 0 Å². The molecule has 1 fully saturated rings. The quantitative estimate of drug-likeness (QED) is 0.824. The third-order valence-electron chi connectivity index (χ3n) is 4.26. The van der Waals surface area contributed by atoms with Gasteiger partial charge in [-0.3, -0.25) is 4.79 Å².